The molecule has 3 N–H and O–H groups in total. The second-order valence-electron chi connectivity index (χ2n) is 5.52. The van der Waals surface area contributed by atoms with Crippen LogP contribution >= 0.6 is 0 Å². The second-order valence-corrected chi connectivity index (χ2v) is 5.52. The van der Waals surface area contributed by atoms with Crippen molar-refractivity contribution in [1.29, 1.82) is 0 Å². The molecule has 1 aromatic heterocycles. The highest BCUT2D eigenvalue weighted by Gasteiger charge is 2.33. The van der Waals surface area contributed by atoms with Crippen LogP contribution in [0.4, 0.5) is 24.5 Å². The van der Waals surface area contributed by atoms with Crippen molar-refractivity contribution in [2.45, 2.75) is 52.3 Å². The first kappa shape index (κ1) is 16.6. The molecule has 0 saturated heterocycles. The molecule has 0 aliphatic heterocycles. The minimum absolute atomic E-state index is 0.0690. The van der Waals surface area contributed by atoms with E-state index in [2.05, 4.69) is 24.1 Å². The molecule has 0 aliphatic rings. The Hall–Kier alpha value is -1.46. The van der Waals surface area contributed by atoms with Gasteiger partial charge in [0.25, 0.3) is 0 Å². The van der Waals surface area contributed by atoms with Crippen molar-refractivity contribution in [3.8, 4) is 0 Å². The lowest BCUT2D eigenvalue weighted by atomic mass is 10.0. The van der Waals surface area contributed by atoms with Crippen LogP contribution in [-0.4, -0.2) is 11.0 Å². The van der Waals surface area contributed by atoms with Gasteiger partial charge in [-0.25, -0.2) is 4.98 Å². The maximum Gasteiger partial charge on any atom is 0.433 e. The van der Waals surface area contributed by atoms with Crippen molar-refractivity contribution >= 4 is 11.4 Å². The maximum atomic E-state index is 12.6. The van der Waals surface area contributed by atoms with Crippen molar-refractivity contribution in [3.05, 3.63) is 18.0 Å². The van der Waals surface area contributed by atoms with Crippen LogP contribution in [0.15, 0.2) is 12.3 Å². The largest absolute Gasteiger partial charge is 0.433 e. The van der Waals surface area contributed by atoms with Crippen molar-refractivity contribution in [2.75, 3.05) is 11.1 Å². The Kier molecular flexibility index (Phi) is 5.65. The number of halogens is 3. The number of nitrogens with one attached hydrogen (secondary N) is 1. The first-order valence-electron chi connectivity index (χ1n) is 6.79. The van der Waals surface area contributed by atoms with Gasteiger partial charge in [0, 0.05) is 6.04 Å². The lowest BCUT2D eigenvalue weighted by Crippen LogP contribution is -2.18. The summed E-state index contributed by atoms with van der Waals surface area (Å²) in [5, 5.41) is 3.03. The Morgan fingerprint density at radius 3 is 2.45 bits per heavy atom. The third kappa shape index (κ3) is 5.27. The van der Waals surface area contributed by atoms with Gasteiger partial charge in [0.05, 0.1) is 17.6 Å². The molecule has 0 radical (unpaired) electrons. The highest BCUT2D eigenvalue weighted by molar-refractivity contribution is 5.65. The fourth-order valence-corrected chi connectivity index (χ4v) is 1.92. The van der Waals surface area contributed by atoms with E-state index in [9.17, 15) is 13.2 Å². The van der Waals surface area contributed by atoms with Crippen molar-refractivity contribution in [3.63, 3.8) is 0 Å². The molecular weight excluding hydrogens is 267 g/mol. The monoisotopic (exact) mass is 289 g/mol. The summed E-state index contributed by atoms with van der Waals surface area (Å²) in [5.74, 6) is 0.630. The smallest absolute Gasteiger partial charge is 0.396 e. The summed E-state index contributed by atoms with van der Waals surface area (Å²) in [6, 6.07) is 1.04. The van der Waals surface area contributed by atoms with Crippen LogP contribution in [0.25, 0.3) is 0 Å². The summed E-state index contributed by atoms with van der Waals surface area (Å²) in [4.78, 5) is 3.31. The summed E-state index contributed by atoms with van der Waals surface area (Å²) in [6.07, 6.45) is -0.382. The third-order valence-corrected chi connectivity index (χ3v) is 3.05. The Morgan fingerprint density at radius 2 is 1.90 bits per heavy atom. The fraction of sp³-hybridized carbons (Fsp3) is 0.643. The van der Waals surface area contributed by atoms with Crippen LogP contribution in [0, 0.1) is 5.92 Å². The van der Waals surface area contributed by atoms with Crippen LogP contribution in [0.1, 0.15) is 45.7 Å². The lowest BCUT2D eigenvalue weighted by Gasteiger charge is -2.18. The van der Waals surface area contributed by atoms with E-state index < -0.39 is 11.9 Å². The van der Waals surface area contributed by atoms with Gasteiger partial charge in [-0.2, -0.15) is 13.2 Å². The number of pyridine rings is 1. The highest BCUT2D eigenvalue weighted by Crippen LogP contribution is 2.31. The molecule has 1 aromatic rings. The summed E-state index contributed by atoms with van der Waals surface area (Å²) in [6.45, 7) is 6.23. The molecule has 20 heavy (non-hydrogen) atoms. The predicted octanol–water partition coefficient (Wildman–Crippen LogP) is 4.31. The quantitative estimate of drug-likeness (QED) is 0.820. The Labute approximate surface area is 117 Å². The molecule has 1 unspecified atom stereocenters. The number of rotatable bonds is 6. The van der Waals surface area contributed by atoms with Crippen LogP contribution < -0.4 is 11.1 Å². The van der Waals surface area contributed by atoms with Crippen molar-refractivity contribution in [1.82, 2.24) is 4.98 Å². The zero-order valence-electron chi connectivity index (χ0n) is 12.1. The standard InChI is InChI=1S/C14H22F3N3/c1-9(2)5-4-6-10(3)20-12-7-13(14(15,16)17)19-8-11(12)18/h7-10H,4-6,18H2,1-3H3,(H,19,20). The van der Waals surface area contributed by atoms with E-state index in [1.54, 1.807) is 0 Å². The number of hydrogen-bond acceptors (Lipinski definition) is 3. The van der Waals surface area contributed by atoms with Crippen molar-refractivity contribution in [2.24, 2.45) is 5.92 Å². The Balaban J connectivity index is 2.67. The number of nitrogen functional groups attached to an aromatic ring is 1. The van der Waals surface area contributed by atoms with Gasteiger partial charge in [0.2, 0.25) is 0 Å². The molecule has 0 aromatic carbocycles. The zero-order chi connectivity index (χ0) is 15.3. The first-order valence-corrected chi connectivity index (χ1v) is 6.79. The average molecular weight is 289 g/mol. The lowest BCUT2D eigenvalue weighted by molar-refractivity contribution is -0.141. The molecule has 114 valence electrons. The molecule has 1 heterocycles. The van der Waals surface area contributed by atoms with Crippen molar-refractivity contribution < 1.29 is 13.2 Å². The number of nitrogens with two attached hydrogens (primary N) is 1. The minimum atomic E-state index is -4.45. The van der Waals surface area contributed by atoms with E-state index >= 15 is 0 Å². The molecule has 6 heteroatoms. The number of alkyl halides is 3. The molecule has 0 aliphatic carbocycles. The number of hydrogen-bond donors (Lipinski definition) is 2. The van der Waals surface area contributed by atoms with Gasteiger partial charge in [0.1, 0.15) is 5.69 Å². The van der Waals surface area contributed by atoms with Crippen LogP contribution in [0.3, 0.4) is 0 Å². The van der Waals surface area contributed by atoms with Gasteiger partial charge in [-0.15, -0.1) is 0 Å². The Bertz CT molecular complexity index is 430. The minimum Gasteiger partial charge on any atom is -0.396 e. The van der Waals surface area contributed by atoms with Crippen LogP contribution in [0.2, 0.25) is 0 Å². The van der Waals surface area contributed by atoms with E-state index in [1.165, 1.54) is 0 Å². The summed E-state index contributed by atoms with van der Waals surface area (Å²) >= 11 is 0. The van der Waals surface area contributed by atoms with Crippen LogP contribution in [0.5, 0.6) is 0 Å². The predicted molar refractivity (Wildman–Crippen MR) is 75.4 cm³/mol. The molecule has 1 atom stereocenters. The molecule has 3 nitrogen and oxygen atoms in total. The van der Waals surface area contributed by atoms with Gasteiger partial charge >= 0.3 is 6.18 Å². The highest BCUT2D eigenvalue weighted by atomic mass is 19.4. The third-order valence-electron chi connectivity index (χ3n) is 3.05. The summed E-state index contributed by atoms with van der Waals surface area (Å²) < 4.78 is 37.8. The SMILES string of the molecule is CC(C)CCCC(C)Nc1cc(C(F)(F)F)ncc1N. The van der Waals surface area contributed by atoms with Gasteiger partial charge in [-0.3, -0.25) is 0 Å². The molecular formula is C14H22F3N3. The second kappa shape index (κ2) is 6.81. The normalized spacial score (nSPS) is 13.6. The average Bonchev–Trinajstić information content (AvgIpc) is 2.30. The fourth-order valence-electron chi connectivity index (χ4n) is 1.92. The summed E-state index contributed by atoms with van der Waals surface area (Å²) in [7, 11) is 0. The number of anilines is 2. The molecule has 1 rings (SSSR count). The van der Waals surface area contributed by atoms with E-state index in [4.69, 9.17) is 5.73 Å². The van der Waals surface area contributed by atoms with E-state index in [0.717, 1.165) is 31.5 Å². The van der Waals surface area contributed by atoms with E-state index in [1.807, 2.05) is 6.92 Å². The van der Waals surface area contributed by atoms with Gasteiger partial charge in [-0.1, -0.05) is 26.7 Å². The molecule has 0 amide bonds. The topological polar surface area (TPSA) is 50.9 Å². The molecule has 0 bridgehead atoms. The van der Waals surface area contributed by atoms with Gasteiger partial charge in [0.15, 0.2) is 0 Å². The summed E-state index contributed by atoms with van der Waals surface area (Å²) in [5.41, 5.74) is 5.26. The number of nitrogens with zero attached hydrogens (tertiary/aromatic N) is 1. The van der Waals surface area contributed by atoms with Gasteiger partial charge < -0.3 is 11.1 Å². The first-order chi connectivity index (χ1) is 9.20. The maximum absolute atomic E-state index is 12.6. The molecule has 0 fully saturated rings. The van der Waals surface area contributed by atoms with Crippen LogP contribution in [-0.2, 0) is 6.18 Å². The molecule has 0 spiro atoms. The molecule has 0 saturated carbocycles. The zero-order valence-corrected chi connectivity index (χ0v) is 12.1. The van der Waals surface area contributed by atoms with E-state index in [-0.39, 0.29) is 11.7 Å². The van der Waals surface area contributed by atoms with E-state index in [0.29, 0.717) is 11.6 Å². The van der Waals surface area contributed by atoms with Gasteiger partial charge in [-0.05, 0) is 25.3 Å². The number of aromatic nitrogens is 1. The Morgan fingerprint density at radius 1 is 1.25 bits per heavy atom.